The predicted molar refractivity (Wildman–Crippen MR) is 123 cm³/mol. The number of aliphatic hydroxyl groups excluding tert-OH is 2. The first-order valence-corrected chi connectivity index (χ1v) is 11.6. The molecule has 0 heterocycles. The van der Waals surface area contributed by atoms with Crippen LogP contribution in [0.2, 0.25) is 0 Å². The standard InChI is InChI=1S/C25H35ClO5/c1-2-7-18-14-17(10-13-23(18)28)15-19(27)11-12-21-20(22(26)16-24(21)29)8-5-3-4-6-9-25(30)31/h3,5,10-14,19-22,24,27-29H,2,4,6-9,15-16H2,1H3,(H,30,31)/b5-3-,12-11+/t19?,20-,21-,22-,24-/m1/s1. The fourth-order valence-corrected chi connectivity index (χ4v) is 4.66. The monoisotopic (exact) mass is 450 g/mol. The number of aromatic hydroxyl groups is 1. The summed E-state index contributed by atoms with van der Waals surface area (Å²) in [5, 5.41) is 39.4. The maximum Gasteiger partial charge on any atom is 0.303 e. The summed E-state index contributed by atoms with van der Waals surface area (Å²) >= 11 is 6.46. The van der Waals surface area contributed by atoms with E-state index in [1.54, 1.807) is 12.1 Å². The van der Waals surface area contributed by atoms with Gasteiger partial charge in [-0.15, -0.1) is 11.6 Å². The first-order valence-electron chi connectivity index (χ1n) is 11.2. The number of aryl methyl sites for hydroxylation is 1. The van der Waals surface area contributed by atoms with Crippen LogP contribution in [0.1, 0.15) is 56.6 Å². The second-order valence-corrected chi connectivity index (χ2v) is 8.98. The van der Waals surface area contributed by atoms with Crippen molar-refractivity contribution in [2.75, 3.05) is 0 Å². The van der Waals surface area contributed by atoms with E-state index in [-0.39, 0.29) is 29.4 Å². The number of rotatable bonds is 12. The summed E-state index contributed by atoms with van der Waals surface area (Å²) in [6.45, 7) is 2.06. The highest BCUT2D eigenvalue weighted by Crippen LogP contribution is 2.39. The quantitative estimate of drug-likeness (QED) is 0.212. The lowest BCUT2D eigenvalue weighted by Gasteiger charge is -2.19. The van der Waals surface area contributed by atoms with Crippen LogP contribution in [0.4, 0.5) is 0 Å². The number of alkyl halides is 1. The van der Waals surface area contributed by atoms with Crippen molar-refractivity contribution >= 4 is 17.6 Å². The molecule has 1 aromatic rings. The Morgan fingerprint density at radius 3 is 2.81 bits per heavy atom. The van der Waals surface area contributed by atoms with E-state index in [1.807, 2.05) is 30.4 Å². The molecule has 0 aromatic heterocycles. The molecule has 0 saturated heterocycles. The maximum absolute atomic E-state index is 10.6. The van der Waals surface area contributed by atoms with E-state index in [2.05, 4.69) is 6.92 Å². The Morgan fingerprint density at radius 1 is 1.32 bits per heavy atom. The Morgan fingerprint density at radius 2 is 2.10 bits per heavy atom. The third kappa shape index (κ3) is 8.32. The van der Waals surface area contributed by atoms with E-state index in [0.717, 1.165) is 24.0 Å². The minimum atomic E-state index is -0.786. The Labute approximate surface area is 190 Å². The Hall–Kier alpha value is -1.82. The summed E-state index contributed by atoms with van der Waals surface area (Å²) in [5.41, 5.74) is 1.85. The van der Waals surface area contributed by atoms with Crippen molar-refractivity contribution < 1.29 is 25.2 Å². The molecule has 1 saturated carbocycles. The van der Waals surface area contributed by atoms with Gasteiger partial charge in [-0.1, -0.05) is 49.8 Å². The highest BCUT2D eigenvalue weighted by Gasteiger charge is 2.39. The average molecular weight is 451 g/mol. The summed E-state index contributed by atoms with van der Waals surface area (Å²) in [6, 6.07) is 5.43. The third-order valence-corrected chi connectivity index (χ3v) is 6.37. The van der Waals surface area contributed by atoms with Gasteiger partial charge in [-0.05, 0) is 55.2 Å². The van der Waals surface area contributed by atoms with Crippen LogP contribution in [0.25, 0.3) is 0 Å². The lowest BCUT2D eigenvalue weighted by Crippen LogP contribution is -2.19. The van der Waals surface area contributed by atoms with Gasteiger partial charge in [-0.2, -0.15) is 0 Å². The van der Waals surface area contributed by atoms with Gasteiger partial charge >= 0.3 is 5.97 Å². The van der Waals surface area contributed by atoms with Crippen LogP contribution < -0.4 is 0 Å². The summed E-state index contributed by atoms with van der Waals surface area (Å²) in [7, 11) is 0. The highest BCUT2D eigenvalue weighted by molar-refractivity contribution is 6.21. The van der Waals surface area contributed by atoms with E-state index in [4.69, 9.17) is 16.7 Å². The van der Waals surface area contributed by atoms with Gasteiger partial charge in [0.25, 0.3) is 0 Å². The molecular formula is C25H35ClO5. The van der Waals surface area contributed by atoms with Gasteiger partial charge in [-0.3, -0.25) is 4.79 Å². The molecule has 1 aliphatic rings. The molecule has 0 amide bonds. The molecule has 6 heteroatoms. The number of allylic oxidation sites excluding steroid dienone is 2. The van der Waals surface area contributed by atoms with Gasteiger partial charge in [0.2, 0.25) is 0 Å². The minimum absolute atomic E-state index is 0.0701. The van der Waals surface area contributed by atoms with Crippen molar-refractivity contribution in [2.24, 2.45) is 11.8 Å². The van der Waals surface area contributed by atoms with Gasteiger partial charge in [-0.25, -0.2) is 0 Å². The number of carboxylic acids is 1. The summed E-state index contributed by atoms with van der Waals surface area (Å²) in [6.07, 6.45) is 11.3. The fraction of sp³-hybridized carbons (Fsp3) is 0.560. The summed E-state index contributed by atoms with van der Waals surface area (Å²) < 4.78 is 0. The van der Waals surface area contributed by atoms with Gasteiger partial charge in [0.05, 0.1) is 12.2 Å². The first-order chi connectivity index (χ1) is 14.8. The van der Waals surface area contributed by atoms with E-state index >= 15 is 0 Å². The van der Waals surface area contributed by atoms with Crippen LogP contribution in [0.3, 0.4) is 0 Å². The van der Waals surface area contributed by atoms with E-state index < -0.39 is 18.2 Å². The molecule has 31 heavy (non-hydrogen) atoms. The van der Waals surface area contributed by atoms with Gasteiger partial charge in [0.1, 0.15) is 5.75 Å². The van der Waals surface area contributed by atoms with Crippen molar-refractivity contribution in [3.63, 3.8) is 0 Å². The number of hydrogen-bond donors (Lipinski definition) is 4. The van der Waals surface area contributed by atoms with E-state index in [1.165, 1.54) is 0 Å². The second kappa shape index (κ2) is 12.9. The molecule has 4 N–H and O–H groups in total. The minimum Gasteiger partial charge on any atom is -0.508 e. The normalized spacial score (nSPS) is 24.9. The van der Waals surface area contributed by atoms with Crippen LogP contribution in [0, 0.1) is 11.8 Å². The number of phenolic OH excluding ortho intramolecular Hbond substituents is 1. The SMILES string of the molecule is CCCc1cc(CC(O)/C=C/[C@@H]2[C@@H](C/C=C\CCCC(=O)O)[C@H](Cl)C[C@H]2O)ccc1O. The average Bonchev–Trinajstić information content (AvgIpc) is 2.98. The Bertz CT molecular complexity index is 760. The fourth-order valence-electron chi connectivity index (χ4n) is 4.21. The molecule has 1 aromatic carbocycles. The molecule has 1 aliphatic carbocycles. The number of phenols is 1. The number of hydrogen-bond acceptors (Lipinski definition) is 4. The molecule has 0 radical (unpaired) electrons. The zero-order valence-corrected chi connectivity index (χ0v) is 18.9. The number of aliphatic carboxylic acids is 1. The maximum atomic E-state index is 10.6. The van der Waals surface area contributed by atoms with Crippen LogP contribution in [-0.2, 0) is 17.6 Å². The van der Waals surface area contributed by atoms with Crippen molar-refractivity contribution in [3.8, 4) is 5.75 Å². The summed E-state index contributed by atoms with van der Waals surface area (Å²) in [5.74, 6) is -0.556. The van der Waals surface area contributed by atoms with Crippen LogP contribution >= 0.6 is 11.6 Å². The van der Waals surface area contributed by atoms with Crippen molar-refractivity contribution in [1.29, 1.82) is 0 Å². The number of aliphatic hydroxyl groups is 2. The zero-order chi connectivity index (χ0) is 22.8. The van der Waals surface area contributed by atoms with E-state index in [0.29, 0.717) is 32.1 Å². The number of benzene rings is 1. The Balaban J connectivity index is 1.92. The molecule has 5 nitrogen and oxygen atoms in total. The molecule has 0 bridgehead atoms. The zero-order valence-electron chi connectivity index (χ0n) is 18.2. The molecule has 0 aliphatic heterocycles. The molecule has 1 fully saturated rings. The van der Waals surface area contributed by atoms with Gasteiger partial charge < -0.3 is 20.4 Å². The lowest BCUT2D eigenvalue weighted by molar-refractivity contribution is -0.137. The molecule has 5 atom stereocenters. The molecule has 2 rings (SSSR count). The van der Waals surface area contributed by atoms with Crippen molar-refractivity contribution in [2.45, 2.75) is 75.9 Å². The van der Waals surface area contributed by atoms with Crippen molar-refractivity contribution in [1.82, 2.24) is 0 Å². The lowest BCUT2D eigenvalue weighted by atomic mass is 9.90. The molecule has 0 spiro atoms. The number of carbonyl (C=O) groups is 1. The molecule has 1 unspecified atom stereocenters. The number of halogens is 1. The topological polar surface area (TPSA) is 98.0 Å². The van der Waals surface area contributed by atoms with Crippen LogP contribution in [0.15, 0.2) is 42.5 Å². The van der Waals surface area contributed by atoms with Crippen molar-refractivity contribution in [3.05, 3.63) is 53.6 Å². The molecular weight excluding hydrogens is 416 g/mol. The molecule has 172 valence electrons. The third-order valence-electron chi connectivity index (χ3n) is 5.87. The first kappa shape index (κ1) is 25.4. The second-order valence-electron chi connectivity index (χ2n) is 8.42. The van der Waals surface area contributed by atoms with E-state index in [9.17, 15) is 20.1 Å². The van der Waals surface area contributed by atoms with Crippen LogP contribution in [0.5, 0.6) is 5.75 Å². The predicted octanol–water partition coefficient (Wildman–Crippen LogP) is 4.61. The number of unbranched alkanes of at least 4 members (excludes halogenated alkanes) is 1. The van der Waals surface area contributed by atoms with Gasteiger partial charge in [0.15, 0.2) is 0 Å². The largest absolute Gasteiger partial charge is 0.508 e. The summed E-state index contributed by atoms with van der Waals surface area (Å²) in [4.78, 5) is 10.6. The van der Waals surface area contributed by atoms with Gasteiger partial charge in [0, 0.05) is 24.1 Å². The Kier molecular flexibility index (Phi) is 10.6. The number of carboxylic acid groups (broad SMARTS) is 1. The smallest absolute Gasteiger partial charge is 0.303 e. The highest BCUT2D eigenvalue weighted by atomic mass is 35.5. The van der Waals surface area contributed by atoms with Crippen LogP contribution in [-0.4, -0.2) is 44.0 Å².